The zero-order valence-electron chi connectivity index (χ0n) is 10.1. The Kier molecular flexibility index (Phi) is 5.25. The SMILES string of the molecule is B[C@H]1C=CCC(COC)C(OP(C)(=O)O)C1. The van der Waals surface area contributed by atoms with E-state index in [9.17, 15) is 9.46 Å². The first-order chi connectivity index (χ1) is 7.42. The van der Waals surface area contributed by atoms with Gasteiger partial charge in [-0.1, -0.05) is 12.2 Å². The first-order valence-corrected chi connectivity index (χ1v) is 7.59. The van der Waals surface area contributed by atoms with Gasteiger partial charge in [0.15, 0.2) is 0 Å². The molecule has 0 amide bonds. The highest BCUT2D eigenvalue weighted by Crippen LogP contribution is 2.43. The maximum Gasteiger partial charge on any atom is 0.325 e. The largest absolute Gasteiger partial charge is 0.384 e. The fourth-order valence-corrected chi connectivity index (χ4v) is 2.81. The van der Waals surface area contributed by atoms with Crippen molar-refractivity contribution in [3.8, 4) is 0 Å². The number of hydrogen-bond acceptors (Lipinski definition) is 3. The van der Waals surface area contributed by atoms with E-state index in [1.165, 1.54) is 6.66 Å². The van der Waals surface area contributed by atoms with E-state index in [-0.39, 0.29) is 12.0 Å². The molecule has 6 heteroatoms. The maximum absolute atomic E-state index is 11.3. The van der Waals surface area contributed by atoms with Gasteiger partial charge in [0.1, 0.15) is 7.85 Å². The van der Waals surface area contributed by atoms with Crippen LogP contribution in [-0.2, 0) is 13.8 Å². The predicted molar refractivity (Wildman–Crippen MR) is 66.7 cm³/mol. The molecular weight excluding hydrogens is 226 g/mol. The van der Waals surface area contributed by atoms with E-state index in [1.807, 2.05) is 0 Å². The fourth-order valence-electron chi connectivity index (χ4n) is 2.04. The van der Waals surface area contributed by atoms with E-state index in [0.29, 0.717) is 12.4 Å². The highest BCUT2D eigenvalue weighted by Gasteiger charge is 2.29. The van der Waals surface area contributed by atoms with Crippen LogP contribution in [0.1, 0.15) is 12.8 Å². The molecule has 1 aliphatic rings. The third kappa shape index (κ3) is 4.83. The van der Waals surface area contributed by atoms with E-state index in [1.54, 1.807) is 7.11 Å². The van der Waals surface area contributed by atoms with Gasteiger partial charge < -0.3 is 14.2 Å². The molecule has 1 N–H and O–H groups in total. The van der Waals surface area contributed by atoms with Gasteiger partial charge in [-0.2, -0.15) is 0 Å². The summed E-state index contributed by atoms with van der Waals surface area (Å²) < 4.78 is 21.7. The minimum absolute atomic E-state index is 0.159. The van der Waals surface area contributed by atoms with Crippen LogP contribution in [0.3, 0.4) is 0 Å². The molecule has 0 bridgehead atoms. The third-order valence-corrected chi connectivity index (χ3v) is 3.41. The Labute approximate surface area is 98.0 Å². The Morgan fingerprint density at radius 2 is 2.31 bits per heavy atom. The average molecular weight is 246 g/mol. The predicted octanol–water partition coefficient (Wildman–Crippen LogP) is 1.22. The first-order valence-electron chi connectivity index (χ1n) is 5.56. The van der Waals surface area contributed by atoms with Crippen molar-refractivity contribution in [1.29, 1.82) is 0 Å². The van der Waals surface area contributed by atoms with Crippen molar-refractivity contribution in [2.24, 2.45) is 5.92 Å². The zero-order chi connectivity index (χ0) is 12.2. The van der Waals surface area contributed by atoms with Crippen LogP contribution in [0.25, 0.3) is 0 Å². The number of rotatable bonds is 4. The molecule has 0 heterocycles. The van der Waals surface area contributed by atoms with Gasteiger partial charge in [-0.05, 0) is 18.7 Å². The van der Waals surface area contributed by atoms with Gasteiger partial charge in [0.05, 0.1) is 12.7 Å². The molecule has 1 aliphatic carbocycles. The topological polar surface area (TPSA) is 55.8 Å². The van der Waals surface area contributed by atoms with Gasteiger partial charge in [0.25, 0.3) is 0 Å². The smallest absolute Gasteiger partial charge is 0.325 e. The number of hydrogen-bond donors (Lipinski definition) is 1. The maximum atomic E-state index is 11.3. The van der Waals surface area contributed by atoms with Crippen LogP contribution in [0, 0.1) is 5.92 Å². The van der Waals surface area contributed by atoms with E-state index < -0.39 is 7.60 Å². The molecule has 0 fully saturated rings. The van der Waals surface area contributed by atoms with Gasteiger partial charge >= 0.3 is 7.60 Å². The lowest BCUT2D eigenvalue weighted by Gasteiger charge is -2.26. The Morgan fingerprint density at radius 1 is 1.62 bits per heavy atom. The van der Waals surface area contributed by atoms with Gasteiger partial charge in [-0.3, -0.25) is 4.57 Å². The van der Waals surface area contributed by atoms with Crippen molar-refractivity contribution in [3.05, 3.63) is 12.2 Å². The molecule has 0 aromatic rings. The second-order valence-electron chi connectivity index (χ2n) is 4.54. The van der Waals surface area contributed by atoms with Gasteiger partial charge in [0.2, 0.25) is 0 Å². The zero-order valence-corrected chi connectivity index (χ0v) is 11.0. The molecule has 1 rings (SSSR count). The van der Waals surface area contributed by atoms with Crippen LogP contribution in [0.15, 0.2) is 12.2 Å². The molecule has 0 aliphatic heterocycles. The quantitative estimate of drug-likeness (QED) is 0.460. The lowest BCUT2D eigenvalue weighted by molar-refractivity contribution is 0.0563. The second-order valence-corrected chi connectivity index (χ2v) is 6.36. The molecule has 16 heavy (non-hydrogen) atoms. The minimum Gasteiger partial charge on any atom is -0.384 e. The number of ether oxygens (including phenoxy) is 1. The lowest BCUT2D eigenvalue weighted by Crippen LogP contribution is -2.26. The van der Waals surface area contributed by atoms with E-state index in [4.69, 9.17) is 9.26 Å². The van der Waals surface area contributed by atoms with E-state index >= 15 is 0 Å². The number of allylic oxidation sites excluding steroid dienone is 2. The second kappa shape index (κ2) is 6.01. The molecule has 0 aromatic heterocycles. The molecule has 4 atom stereocenters. The molecule has 0 radical (unpaired) electrons. The highest BCUT2D eigenvalue weighted by atomic mass is 31.2. The summed E-state index contributed by atoms with van der Waals surface area (Å²) in [6.07, 6.45) is 5.64. The summed E-state index contributed by atoms with van der Waals surface area (Å²) in [5.74, 6) is 0.532. The normalized spacial score (nSPS) is 34.3. The van der Waals surface area contributed by atoms with E-state index in [0.717, 1.165) is 12.8 Å². The summed E-state index contributed by atoms with van der Waals surface area (Å²) in [4.78, 5) is 9.31. The minimum atomic E-state index is -3.42. The van der Waals surface area contributed by atoms with Crippen molar-refractivity contribution >= 4 is 15.4 Å². The van der Waals surface area contributed by atoms with Crippen molar-refractivity contribution in [3.63, 3.8) is 0 Å². The fraction of sp³-hybridized carbons (Fsp3) is 0.800. The Hall–Kier alpha value is -0.0851. The van der Waals surface area contributed by atoms with Crippen molar-refractivity contribution in [2.45, 2.75) is 24.8 Å². The standard InChI is InChI=1S/C10H20BO4P/c1-14-7-8-4-3-5-9(11)6-10(8)15-16(2,12)13/h3,5,8-10H,4,6-7,11H2,1-2H3,(H,12,13)/t8?,9-,10?/m0/s1. The molecule has 0 saturated carbocycles. The Bertz CT molecular complexity index is 289. The molecule has 0 aromatic carbocycles. The van der Waals surface area contributed by atoms with E-state index in [2.05, 4.69) is 20.0 Å². The van der Waals surface area contributed by atoms with Crippen molar-refractivity contribution in [2.75, 3.05) is 20.4 Å². The van der Waals surface area contributed by atoms with Gasteiger partial charge in [-0.15, -0.1) is 0 Å². The molecule has 3 unspecified atom stereocenters. The Balaban J connectivity index is 2.70. The first kappa shape index (κ1) is 14.0. The molecule has 0 spiro atoms. The molecule has 0 saturated heterocycles. The summed E-state index contributed by atoms with van der Waals surface area (Å²) in [7, 11) is 0.297. The molecule has 4 nitrogen and oxygen atoms in total. The lowest BCUT2D eigenvalue weighted by atomic mass is 9.82. The van der Waals surface area contributed by atoms with Gasteiger partial charge in [0, 0.05) is 19.7 Å². The van der Waals surface area contributed by atoms with Crippen molar-refractivity contribution < 1.29 is 18.7 Å². The average Bonchev–Trinajstić information content (AvgIpc) is 2.27. The summed E-state index contributed by atoms with van der Waals surface area (Å²) in [5, 5.41) is 0. The number of methoxy groups -OCH3 is 1. The Morgan fingerprint density at radius 3 is 2.88 bits per heavy atom. The van der Waals surface area contributed by atoms with Crippen molar-refractivity contribution in [1.82, 2.24) is 0 Å². The van der Waals surface area contributed by atoms with Crippen LogP contribution >= 0.6 is 7.60 Å². The third-order valence-electron chi connectivity index (χ3n) is 2.75. The summed E-state index contributed by atoms with van der Waals surface area (Å²) >= 11 is 0. The molecular formula is C10H20BO4P. The van der Waals surface area contributed by atoms with Crippen LogP contribution in [0.2, 0.25) is 5.82 Å². The van der Waals surface area contributed by atoms with Crippen LogP contribution < -0.4 is 0 Å². The van der Waals surface area contributed by atoms with Gasteiger partial charge in [-0.25, -0.2) is 0 Å². The molecule has 92 valence electrons. The highest BCUT2D eigenvalue weighted by molar-refractivity contribution is 7.51. The summed E-state index contributed by atoms with van der Waals surface area (Å²) in [6, 6.07) is 0. The van der Waals surface area contributed by atoms with Crippen LogP contribution in [0.4, 0.5) is 0 Å². The van der Waals surface area contributed by atoms with Crippen LogP contribution in [-0.4, -0.2) is 39.2 Å². The summed E-state index contributed by atoms with van der Waals surface area (Å²) in [6.45, 7) is 1.79. The monoisotopic (exact) mass is 246 g/mol. The van der Waals surface area contributed by atoms with Crippen LogP contribution in [0.5, 0.6) is 0 Å². The summed E-state index contributed by atoms with van der Waals surface area (Å²) in [5.41, 5.74) is 0.